The molecule has 0 rings (SSSR count). The molecule has 0 saturated carbocycles. The summed E-state index contributed by atoms with van der Waals surface area (Å²) in [6, 6.07) is 0. The number of allylic oxidation sites excluding steroid dienone is 4. The van der Waals surface area contributed by atoms with Crippen LogP contribution in [0.4, 0.5) is 0 Å². The zero-order chi connectivity index (χ0) is 30.4. The summed E-state index contributed by atoms with van der Waals surface area (Å²) < 4.78 is 10.2. The molecule has 1 N–H and O–H groups in total. The van der Waals surface area contributed by atoms with Crippen molar-refractivity contribution in [2.75, 3.05) is 13.2 Å². The zero-order valence-corrected chi connectivity index (χ0v) is 26.7. The van der Waals surface area contributed by atoms with Gasteiger partial charge in [0.25, 0.3) is 0 Å². The van der Waals surface area contributed by atoms with Crippen LogP contribution in [-0.4, -0.2) is 42.1 Å². The maximum absolute atomic E-state index is 11.9. The van der Waals surface area contributed by atoms with Gasteiger partial charge >= 0.3 is 11.9 Å². The van der Waals surface area contributed by atoms with E-state index in [0.29, 0.717) is 19.3 Å². The van der Waals surface area contributed by atoms with Crippen LogP contribution < -0.4 is 0 Å². The molecule has 0 radical (unpaired) electrons. The minimum absolute atomic E-state index is 0.137. The first-order chi connectivity index (χ1) is 19.8. The minimum atomic E-state index is -0.985. The number of hydrogen-bond acceptors (Lipinski definition) is 6. The number of carbonyl (C=O) groups excluding carboxylic acids is 3. The van der Waals surface area contributed by atoms with E-state index in [1.165, 1.54) is 38.5 Å². The van der Waals surface area contributed by atoms with Crippen molar-refractivity contribution in [2.24, 2.45) is 5.92 Å². The molecule has 0 aromatic rings. The van der Waals surface area contributed by atoms with Crippen molar-refractivity contribution in [2.45, 2.75) is 162 Å². The molecule has 0 aliphatic rings. The first kappa shape index (κ1) is 39.0. The molecule has 238 valence electrons. The van der Waals surface area contributed by atoms with Crippen LogP contribution in [0.5, 0.6) is 0 Å². The Balaban J connectivity index is 3.54. The molecule has 0 spiro atoms. The molecule has 0 amide bonds. The number of hydrogen-bond donors (Lipinski definition) is 1. The number of carbonyl (C=O) groups is 3. The van der Waals surface area contributed by atoms with Gasteiger partial charge in [-0.1, -0.05) is 122 Å². The van der Waals surface area contributed by atoms with Crippen molar-refractivity contribution in [3.05, 3.63) is 24.3 Å². The van der Waals surface area contributed by atoms with Gasteiger partial charge in [-0.05, 0) is 44.1 Å². The fourth-order valence-corrected chi connectivity index (χ4v) is 4.49. The third-order valence-electron chi connectivity index (χ3n) is 7.09. The quantitative estimate of drug-likeness (QED) is 0.0412. The lowest BCUT2D eigenvalue weighted by Crippen LogP contribution is -2.25. The molecule has 6 heteroatoms. The van der Waals surface area contributed by atoms with Gasteiger partial charge < -0.3 is 14.6 Å². The van der Waals surface area contributed by atoms with Crippen LogP contribution in [0, 0.1) is 5.92 Å². The molecule has 6 nitrogen and oxygen atoms in total. The first-order valence-corrected chi connectivity index (χ1v) is 16.7. The van der Waals surface area contributed by atoms with Gasteiger partial charge in [0.1, 0.15) is 19.3 Å². The molecule has 0 aliphatic heterocycles. The Bertz CT molecular complexity index is 697. The SMILES string of the molecule is CCCCCC(=O)/C=C/C=C\CCCCCCCC(=O)OC[C@H](O)COC(=O)CCCCCCCCCCC(C)C. The maximum atomic E-state index is 11.9. The molecule has 0 aliphatic carbocycles. The lowest BCUT2D eigenvalue weighted by Gasteiger charge is -2.12. The van der Waals surface area contributed by atoms with Crippen LogP contribution in [0.15, 0.2) is 24.3 Å². The minimum Gasteiger partial charge on any atom is -0.463 e. The second-order valence-electron chi connectivity index (χ2n) is 11.8. The Kier molecular flexibility index (Phi) is 28.1. The van der Waals surface area contributed by atoms with Crippen molar-refractivity contribution >= 4 is 17.7 Å². The summed E-state index contributed by atoms with van der Waals surface area (Å²) in [5, 5.41) is 9.94. The number of unbranched alkanes of at least 4 members (excludes halogenated alkanes) is 14. The van der Waals surface area contributed by atoms with Crippen molar-refractivity contribution < 1.29 is 29.0 Å². The van der Waals surface area contributed by atoms with E-state index in [0.717, 1.165) is 83.0 Å². The highest BCUT2D eigenvalue weighted by atomic mass is 16.6. The number of rotatable bonds is 29. The first-order valence-electron chi connectivity index (χ1n) is 16.7. The van der Waals surface area contributed by atoms with E-state index in [9.17, 15) is 19.5 Å². The Morgan fingerprint density at radius 1 is 0.634 bits per heavy atom. The molecule has 1 atom stereocenters. The Morgan fingerprint density at radius 2 is 1.12 bits per heavy atom. The fraction of sp³-hybridized carbons (Fsp3) is 0.800. The van der Waals surface area contributed by atoms with E-state index in [2.05, 4.69) is 26.8 Å². The van der Waals surface area contributed by atoms with Crippen molar-refractivity contribution in [1.82, 2.24) is 0 Å². The standard InChI is InChI=1S/C35H62O6/c1-4-5-19-25-32(36)26-21-16-12-7-6-8-13-17-22-27-34(38)40-29-33(37)30-41-35(39)28-23-18-14-10-9-11-15-20-24-31(2)3/h12,16,21,26,31,33,37H,4-11,13-15,17-20,22-25,27-30H2,1-3H3/b16-12-,26-21+/t33-/m0/s1. The fourth-order valence-electron chi connectivity index (χ4n) is 4.49. The molecular formula is C35H62O6. The van der Waals surface area contributed by atoms with E-state index < -0.39 is 6.10 Å². The van der Waals surface area contributed by atoms with Crippen molar-refractivity contribution in [3.63, 3.8) is 0 Å². The summed E-state index contributed by atoms with van der Waals surface area (Å²) in [6.07, 6.45) is 27.8. The maximum Gasteiger partial charge on any atom is 0.305 e. The molecule has 0 heterocycles. The van der Waals surface area contributed by atoms with Gasteiger partial charge in [-0.15, -0.1) is 0 Å². The molecule has 0 bridgehead atoms. The second kappa shape index (κ2) is 29.5. The molecule has 41 heavy (non-hydrogen) atoms. The summed E-state index contributed by atoms with van der Waals surface area (Å²) in [5.74, 6) is 0.373. The van der Waals surface area contributed by atoms with E-state index >= 15 is 0 Å². The van der Waals surface area contributed by atoms with Gasteiger partial charge in [-0.3, -0.25) is 14.4 Å². The van der Waals surface area contributed by atoms with Crippen LogP contribution in [-0.2, 0) is 23.9 Å². The average Bonchev–Trinajstić information content (AvgIpc) is 2.94. The van der Waals surface area contributed by atoms with Gasteiger partial charge in [0.2, 0.25) is 0 Å². The zero-order valence-electron chi connectivity index (χ0n) is 26.7. The predicted octanol–water partition coefficient (Wildman–Crippen LogP) is 8.98. The van der Waals surface area contributed by atoms with Crippen molar-refractivity contribution in [3.8, 4) is 0 Å². The molecule has 0 fully saturated rings. The van der Waals surface area contributed by atoms with E-state index in [1.807, 2.05) is 12.2 Å². The summed E-state index contributed by atoms with van der Waals surface area (Å²) in [4.78, 5) is 35.4. The Morgan fingerprint density at radius 3 is 1.66 bits per heavy atom. The Hall–Kier alpha value is -1.95. The number of esters is 2. The van der Waals surface area contributed by atoms with Gasteiger partial charge in [0.15, 0.2) is 5.78 Å². The number of aliphatic hydroxyl groups is 1. The smallest absolute Gasteiger partial charge is 0.305 e. The number of ketones is 1. The molecule has 0 aromatic carbocycles. The monoisotopic (exact) mass is 578 g/mol. The summed E-state index contributed by atoms with van der Waals surface area (Å²) in [6.45, 7) is 6.40. The molecular weight excluding hydrogens is 516 g/mol. The van der Waals surface area contributed by atoms with Crippen LogP contribution >= 0.6 is 0 Å². The van der Waals surface area contributed by atoms with Gasteiger partial charge in [0.05, 0.1) is 0 Å². The van der Waals surface area contributed by atoms with E-state index in [1.54, 1.807) is 6.08 Å². The highest BCUT2D eigenvalue weighted by molar-refractivity contribution is 5.89. The normalized spacial score (nSPS) is 12.4. The topological polar surface area (TPSA) is 89.9 Å². The van der Waals surface area contributed by atoms with Crippen molar-refractivity contribution in [1.29, 1.82) is 0 Å². The average molecular weight is 579 g/mol. The van der Waals surface area contributed by atoms with Crippen LogP contribution in [0.3, 0.4) is 0 Å². The second-order valence-corrected chi connectivity index (χ2v) is 11.8. The van der Waals surface area contributed by atoms with E-state index in [-0.39, 0.29) is 30.9 Å². The van der Waals surface area contributed by atoms with Crippen LogP contribution in [0.2, 0.25) is 0 Å². The van der Waals surface area contributed by atoms with Gasteiger partial charge in [-0.25, -0.2) is 0 Å². The molecule has 0 unspecified atom stereocenters. The lowest BCUT2D eigenvalue weighted by molar-refractivity contribution is -0.152. The lowest BCUT2D eigenvalue weighted by atomic mass is 10.0. The molecule has 0 aromatic heterocycles. The number of aliphatic hydroxyl groups excluding tert-OH is 1. The summed E-state index contributed by atoms with van der Waals surface area (Å²) >= 11 is 0. The highest BCUT2D eigenvalue weighted by Gasteiger charge is 2.12. The third kappa shape index (κ3) is 30.8. The molecule has 0 saturated heterocycles. The van der Waals surface area contributed by atoms with Crippen LogP contribution in [0.1, 0.15) is 156 Å². The summed E-state index contributed by atoms with van der Waals surface area (Å²) in [5.41, 5.74) is 0. The highest BCUT2D eigenvalue weighted by Crippen LogP contribution is 2.13. The largest absolute Gasteiger partial charge is 0.463 e. The Labute approximate surface area is 251 Å². The summed E-state index contributed by atoms with van der Waals surface area (Å²) in [7, 11) is 0. The van der Waals surface area contributed by atoms with Gasteiger partial charge in [-0.2, -0.15) is 0 Å². The predicted molar refractivity (Wildman–Crippen MR) is 169 cm³/mol. The number of ether oxygens (including phenoxy) is 2. The van der Waals surface area contributed by atoms with E-state index in [4.69, 9.17) is 9.47 Å². The van der Waals surface area contributed by atoms with Gasteiger partial charge in [0, 0.05) is 19.3 Å². The van der Waals surface area contributed by atoms with Crippen LogP contribution in [0.25, 0.3) is 0 Å². The third-order valence-corrected chi connectivity index (χ3v) is 7.09.